The smallest absolute Gasteiger partial charge is 0.294 e. The highest BCUT2D eigenvalue weighted by Crippen LogP contribution is 2.34. The fourth-order valence-corrected chi connectivity index (χ4v) is 4.65. The van der Waals surface area contributed by atoms with Gasteiger partial charge in [-0.05, 0) is 54.6 Å². The molecule has 7 nitrogen and oxygen atoms in total. The van der Waals surface area contributed by atoms with Crippen molar-refractivity contribution in [3.05, 3.63) is 93.3 Å². The maximum absolute atomic E-state index is 12.9. The van der Waals surface area contributed by atoms with Gasteiger partial charge in [0.2, 0.25) is 5.91 Å². The number of thioether (sulfide) groups is 1. The van der Waals surface area contributed by atoms with Crippen LogP contribution in [0.3, 0.4) is 0 Å². The van der Waals surface area contributed by atoms with E-state index in [1.54, 1.807) is 30.3 Å². The molecule has 0 unspecified atom stereocenters. The quantitative estimate of drug-likeness (QED) is 0.370. The monoisotopic (exact) mass is 522 g/mol. The van der Waals surface area contributed by atoms with Gasteiger partial charge in [-0.3, -0.25) is 19.3 Å². The average molecular weight is 523 g/mol. The van der Waals surface area contributed by atoms with E-state index in [2.05, 4.69) is 5.32 Å². The van der Waals surface area contributed by atoms with Gasteiger partial charge in [-0.25, -0.2) is 0 Å². The highest BCUT2D eigenvalue weighted by Gasteiger charge is 2.36. The van der Waals surface area contributed by atoms with Crippen LogP contribution in [0.5, 0.6) is 11.5 Å². The largest absolute Gasteiger partial charge is 0.495 e. The molecule has 0 spiro atoms. The van der Waals surface area contributed by atoms with E-state index in [9.17, 15) is 14.4 Å². The van der Waals surface area contributed by atoms with Crippen molar-refractivity contribution in [2.45, 2.75) is 13.5 Å². The van der Waals surface area contributed by atoms with Crippen LogP contribution in [0.15, 0.2) is 71.6 Å². The first kappa shape index (κ1) is 25.3. The summed E-state index contributed by atoms with van der Waals surface area (Å²) >= 11 is 6.87. The van der Waals surface area contributed by atoms with Crippen molar-refractivity contribution in [2.24, 2.45) is 0 Å². The minimum Gasteiger partial charge on any atom is -0.495 e. The first-order chi connectivity index (χ1) is 17.3. The van der Waals surface area contributed by atoms with E-state index in [-0.39, 0.29) is 4.91 Å². The van der Waals surface area contributed by atoms with Gasteiger partial charge in [0, 0.05) is 11.3 Å². The molecule has 1 heterocycles. The number of hydrogen-bond donors (Lipinski definition) is 1. The molecule has 3 aromatic carbocycles. The number of nitrogens with one attached hydrogen (secondary N) is 1. The predicted octanol–water partition coefficient (Wildman–Crippen LogP) is 5.91. The number of amides is 3. The molecule has 9 heteroatoms. The van der Waals surface area contributed by atoms with E-state index in [0.717, 1.165) is 27.8 Å². The van der Waals surface area contributed by atoms with Gasteiger partial charge >= 0.3 is 0 Å². The number of methoxy groups -OCH3 is 1. The van der Waals surface area contributed by atoms with Crippen LogP contribution in [0.4, 0.5) is 10.5 Å². The summed E-state index contributed by atoms with van der Waals surface area (Å²) in [5.74, 6) is -0.0168. The Morgan fingerprint density at radius 3 is 2.61 bits per heavy atom. The standard InChI is InChI=1S/C27H23ClN2O5S/c1-17-6-5-7-18(12-17)16-35-22-9-4-3-8-19(22)13-24-26(32)30(27(33)36-24)15-25(31)29-20-10-11-23(34-2)21(28)14-20/h3-14H,15-16H2,1-2H3,(H,29,31)/b24-13+. The van der Waals surface area contributed by atoms with Crippen LogP contribution in [-0.2, 0) is 16.2 Å². The van der Waals surface area contributed by atoms with E-state index in [1.165, 1.54) is 13.2 Å². The molecule has 1 fully saturated rings. The first-order valence-electron chi connectivity index (χ1n) is 11.0. The number of aryl methyl sites for hydroxylation is 1. The van der Waals surface area contributed by atoms with E-state index < -0.39 is 23.6 Å². The van der Waals surface area contributed by atoms with Crippen molar-refractivity contribution in [3.8, 4) is 11.5 Å². The molecule has 3 aromatic rings. The van der Waals surface area contributed by atoms with Gasteiger partial charge < -0.3 is 14.8 Å². The van der Waals surface area contributed by atoms with E-state index >= 15 is 0 Å². The van der Waals surface area contributed by atoms with Crippen LogP contribution in [0.2, 0.25) is 5.02 Å². The summed E-state index contributed by atoms with van der Waals surface area (Å²) in [5, 5.41) is 2.44. The van der Waals surface area contributed by atoms with Crippen molar-refractivity contribution in [1.29, 1.82) is 0 Å². The number of imide groups is 1. The topological polar surface area (TPSA) is 84.9 Å². The summed E-state index contributed by atoms with van der Waals surface area (Å²) in [7, 11) is 1.49. The van der Waals surface area contributed by atoms with Gasteiger partial charge in [0.25, 0.3) is 11.1 Å². The molecule has 1 saturated heterocycles. The Kier molecular flexibility index (Phi) is 7.97. The van der Waals surface area contributed by atoms with Crippen LogP contribution in [0, 0.1) is 6.92 Å². The van der Waals surface area contributed by atoms with Crippen molar-refractivity contribution in [3.63, 3.8) is 0 Å². The Bertz CT molecular complexity index is 1360. The lowest BCUT2D eigenvalue weighted by Crippen LogP contribution is -2.36. The second-order valence-electron chi connectivity index (χ2n) is 7.98. The minimum absolute atomic E-state index is 0.215. The molecule has 0 aromatic heterocycles. The second kappa shape index (κ2) is 11.3. The van der Waals surface area contributed by atoms with E-state index in [4.69, 9.17) is 21.1 Å². The van der Waals surface area contributed by atoms with Crippen molar-refractivity contribution < 1.29 is 23.9 Å². The summed E-state index contributed by atoms with van der Waals surface area (Å²) in [6.45, 7) is 1.96. The van der Waals surface area contributed by atoms with Crippen LogP contribution in [0.1, 0.15) is 16.7 Å². The summed E-state index contributed by atoms with van der Waals surface area (Å²) < 4.78 is 11.1. The maximum atomic E-state index is 12.9. The molecule has 1 aliphatic rings. The number of ether oxygens (including phenoxy) is 2. The molecular formula is C27H23ClN2O5S. The van der Waals surface area contributed by atoms with Gasteiger partial charge in [0.05, 0.1) is 17.0 Å². The van der Waals surface area contributed by atoms with Gasteiger partial charge in [0.1, 0.15) is 24.7 Å². The summed E-state index contributed by atoms with van der Waals surface area (Å²) in [5.41, 5.74) is 3.24. The molecule has 1 aliphatic heterocycles. The van der Waals surface area contributed by atoms with Gasteiger partial charge in [-0.2, -0.15) is 0 Å². The zero-order valence-corrected chi connectivity index (χ0v) is 21.2. The number of anilines is 1. The molecule has 3 amide bonds. The highest BCUT2D eigenvalue weighted by atomic mass is 35.5. The van der Waals surface area contributed by atoms with Gasteiger partial charge in [-0.15, -0.1) is 0 Å². The number of carbonyl (C=O) groups excluding carboxylic acids is 3. The Balaban J connectivity index is 1.44. The summed E-state index contributed by atoms with van der Waals surface area (Å²) in [4.78, 5) is 39.1. The lowest BCUT2D eigenvalue weighted by Gasteiger charge is -2.13. The molecule has 184 valence electrons. The Morgan fingerprint density at radius 1 is 1.06 bits per heavy atom. The lowest BCUT2D eigenvalue weighted by molar-refractivity contribution is -0.127. The van der Waals surface area contributed by atoms with E-state index in [0.29, 0.717) is 34.4 Å². The first-order valence-corrected chi connectivity index (χ1v) is 12.2. The number of benzene rings is 3. The van der Waals surface area contributed by atoms with Gasteiger partial charge in [0.15, 0.2) is 0 Å². The molecule has 0 bridgehead atoms. The zero-order valence-electron chi connectivity index (χ0n) is 19.6. The number of rotatable bonds is 8. The van der Waals surface area contributed by atoms with Crippen LogP contribution >= 0.6 is 23.4 Å². The highest BCUT2D eigenvalue weighted by molar-refractivity contribution is 8.18. The Morgan fingerprint density at radius 2 is 1.86 bits per heavy atom. The number of hydrogen-bond acceptors (Lipinski definition) is 6. The van der Waals surface area contributed by atoms with Crippen molar-refractivity contribution in [2.75, 3.05) is 19.0 Å². The molecule has 36 heavy (non-hydrogen) atoms. The normalized spacial score (nSPS) is 14.3. The summed E-state index contributed by atoms with van der Waals surface area (Å²) in [6, 6.07) is 20.0. The number of nitrogens with zero attached hydrogens (tertiary/aromatic N) is 1. The van der Waals surface area contributed by atoms with Crippen LogP contribution in [0.25, 0.3) is 6.08 Å². The fraction of sp³-hybridized carbons (Fsp3) is 0.148. The fourth-order valence-electron chi connectivity index (χ4n) is 3.56. The lowest BCUT2D eigenvalue weighted by atomic mass is 10.1. The van der Waals surface area contributed by atoms with E-state index in [1.807, 2.05) is 43.3 Å². The third-order valence-electron chi connectivity index (χ3n) is 5.29. The zero-order chi connectivity index (χ0) is 25.7. The van der Waals surface area contributed by atoms with Crippen molar-refractivity contribution in [1.82, 2.24) is 4.90 Å². The molecule has 0 radical (unpaired) electrons. The molecule has 0 aliphatic carbocycles. The molecule has 1 N–H and O–H groups in total. The SMILES string of the molecule is COc1ccc(NC(=O)CN2C(=O)S/C(=C/c3ccccc3OCc3cccc(C)c3)C2=O)cc1Cl. The Labute approximate surface area is 218 Å². The molecule has 0 atom stereocenters. The van der Waals surface area contributed by atoms with Crippen LogP contribution in [-0.4, -0.2) is 35.6 Å². The average Bonchev–Trinajstić information content (AvgIpc) is 3.11. The third kappa shape index (κ3) is 6.08. The number of para-hydroxylation sites is 1. The predicted molar refractivity (Wildman–Crippen MR) is 141 cm³/mol. The van der Waals surface area contributed by atoms with Gasteiger partial charge in [-0.1, -0.05) is 59.6 Å². The van der Waals surface area contributed by atoms with Crippen LogP contribution < -0.4 is 14.8 Å². The number of halogens is 1. The number of carbonyl (C=O) groups is 3. The second-order valence-corrected chi connectivity index (χ2v) is 9.38. The molecular weight excluding hydrogens is 500 g/mol. The molecule has 0 saturated carbocycles. The third-order valence-corrected chi connectivity index (χ3v) is 6.50. The molecule has 4 rings (SSSR count). The minimum atomic E-state index is -0.540. The maximum Gasteiger partial charge on any atom is 0.294 e. The Hall–Kier alpha value is -3.75. The van der Waals surface area contributed by atoms with Crippen molar-refractivity contribution >= 4 is 52.2 Å². The summed E-state index contributed by atoms with van der Waals surface area (Å²) in [6.07, 6.45) is 1.61.